The lowest BCUT2D eigenvalue weighted by Crippen LogP contribution is -2.43. The molecule has 1 unspecified atom stereocenters. The number of nitrogens with zero attached hydrogens (tertiary/aromatic N) is 4. The van der Waals surface area contributed by atoms with Gasteiger partial charge < -0.3 is 10.2 Å². The normalized spacial score (nSPS) is 17.4. The fourth-order valence-corrected chi connectivity index (χ4v) is 3.59. The van der Waals surface area contributed by atoms with Crippen LogP contribution in [0.5, 0.6) is 0 Å². The zero-order chi connectivity index (χ0) is 17.9. The molecule has 7 heteroatoms. The molecule has 2 aromatic heterocycles. The average Bonchev–Trinajstić information content (AvgIpc) is 3.12. The quantitative estimate of drug-likeness (QED) is 0.768. The van der Waals surface area contributed by atoms with E-state index in [0.29, 0.717) is 23.8 Å². The molecular weight excluding hydrogens is 350 g/mol. The van der Waals surface area contributed by atoms with E-state index in [4.69, 9.17) is 11.6 Å². The number of amides is 1. The highest BCUT2D eigenvalue weighted by molar-refractivity contribution is 6.33. The lowest BCUT2D eigenvalue weighted by atomic mass is 9.97. The predicted octanol–water partition coefficient (Wildman–Crippen LogP) is 2.92. The molecule has 0 spiro atoms. The van der Waals surface area contributed by atoms with Gasteiger partial charge in [-0.2, -0.15) is 0 Å². The van der Waals surface area contributed by atoms with Gasteiger partial charge in [0.2, 0.25) is 11.9 Å². The van der Waals surface area contributed by atoms with Gasteiger partial charge in [-0.25, -0.2) is 0 Å². The van der Waals surface area contributed by atoms with Crippen LogP contribution in [0.15, 0.2) is 48.7 Å². The number of fused-ring (bicyclic) bond motifs is 1. The van der Waals surface area contributed by atoms with E-state index in [1.54, 1.807) is 6.07 Å². The van der Waals surface area contributed by atoms with Crippen LogP contribution in [0.3, 0.4) is 0 Å². The monoisotopic (exact) mass is 369 g/mol. The van der Waals surface area contributed by atoms with Crippen molar-refractivity contribution < 1.29 is 4.79 Å². The Bertz CT molecular complexity index is 911. The van der Waals surface area contributed by atoms with Gasteiger partial charge in [0, 0.05) is 25.8 Å². The maximum absolute atomic E-state index is 12.6. The summed E-state index contributed by atoms with van der Waals surface area (Å²) >= 11 is 6.18. The van der Waals surface area contributed by atoms with Crippen LogP contribution in [-0.4, -0.2) is 33.6 Å². The molecular formula is C19H20ClN5O. The molecule has 3 heterocycles. The van der Waals surface area contributed by atoms with Crippen molar-refractivity contribution in [3.8, 4) is 0 Å². The standard InChI is InChI=1S/C19H20ClN5O/c20-16-9-5-11-25-17(16)22-23-19(25)24-10-4-8-15(13-24)18(26)21-12-14-6-2-1-3-7-14/h1-3,5-7,9,11,15H,4,8,10,12-13H2,(H,21,26). The van der Waals surface area contributed by atoms with E-state index in [-0.39, 0.29) is 11.8 Å². The van der Waals surface area contributed by atoms with Gasteiger partial charge in [-0.05, 0) is 30.5 Å². The van der Waals surface area contributed by atoms with Crippen LogP contribution in [-0.2, 0) is 11.3 Å². The number of carbonyl (C=O) groups excluding carboxylic acids is 1. The number of hydrogen-bond donors (Lipinski definition) is 1. The minimum absolute atomic E-state index is 0.0565. The van der Waals surface area contributed by atoms with Crippen LogP contribution in [0.1, 0.15) is 18.4 Å². The second-order valence-corrected chi connectivity index (χ2v) is 6.95. The van der Waals surface area contributed by atoms with E-state index in [9.17, 15) is 4.79 Å². The van der Waals surface area contributed by atoms with Gasteiger partial charge in [-0.15, -0.1) is 10.2 Å². The summed E-state index contributed by atoms with van der Waals surface area (Å²) in [4.78, 5) is 14.7. The minimum atomic E-state index is -0.0565. The third kappa shape index (κ3) is 3.37. The van der Waals surface area contributed by atoms with Crippen molar-refractivity contribution in [2.75, 3.05) is 18.0 Å². The Hall–Kier alpha value is -2.60. The number of nitrogens with one attached hydrogen (secondary N) is 1. The van der Waals surface area contributed by atoms with E-state index in [0.717, 1.165) is 30.9 Å². The summed E-state index contributed by atoms with van der Waals surface area (Å²) in [6, 6.07) is 13.6. The average molecular weight is 370 g/mol. The van der Waals surface area contributed by atoms with Crippen molar-refractivity contribution in [2.45, 2.75) is 19.4 Å². The number of aromatic nitrogens is 3. The zero-order valence-electron chi connectivity index (χ0n) is 14.3. The van der Waals surface area contributed by atoms with Gasteiger partial charge in [0.25, 0.3) is 0 Å². The lowest BCUT2D eigenvalue weighted by Gasteiger charge is -2.32. The van der Waals surface area contributed by atoms with Gasteiger partial charge in [-0.3, -0.25) is 9.20 Å². The first kappa shape index (κ1) is 16.8. The third-order valence-electron chi connectivity index (χ3n) is 4.75. The zero-order valence-corrected chi connectivity index (χ0v) is 15.1. The van der Waals surface area contributed by atoms with E-state index < -0.39 is 0 Å². The number of pyridine rings is 1. The Morgan fingerprint density at radius 1 is 1.19 bits per heavy atom. The molecule has 1 amide bonds. The highest BCUT2D eigenvalue weighted by Crippen LogP contribution is 2.24. The maximum atomic E-state index is 12.6. The number of rotatable bonds is 4. The Kier molecular flexibility index (Phi) is 4.75. The van der Waals surface area contributed by atoms with Gasteiger partial charge in [-0.1, -0.05) is 41.9 Å². The van der Waals surface area contributed by atoms with Crippen molar-refractivity contribution in [2.24, 2.45) is 5.92 Å². The van der Waals surface area contributed by atoms with Crippen molar-refractivity contribution in [1.29, 1.82) is 0 Å². The topological polar surface area (TPSA) is 62.5 Å². The Labute approximate surface area is 156 Å². The molecule has 1 aliphatic heterocycles. The summed E-state index contributed by atoms with van der Waals surface area (Å²) in [5.74, 6) is 0.771. The van der Waals surface area contributed by atoms with Gasteiger partial charge in [0.05, 0.1) is 10.9 Å². The summed E-state index contributed by atoms with van der Waals surface area (Å²) in [6.45, 7) is 2.04. The first-order chi connectivity index (χ1) is 12.7. The molecule has 0 radical (unpaired) electrons. The lowest BCUT2D eigenvalue weighted by molar-refractivity contribution is -0.125. The summed E-state index contributed by atoms with van der Waals surface area (Å²) < 4.78 is 1.88. The number of anilines is 1. The first-order valence-electron chi connectivity index (χ1n) is 8.78. The van der Waals surface area contributed by atoms with Crippen LogP contribution in [0, 0.1) is 5.92 Å². The molecule has 1 aromatic carbocycles. The minimum Gasteiger partial charge on any atom is -0.352 e. The highest BCUT2D eigenvalue weighted by atomic mass is 35.5. The van der Waals surface area contributed by atoms with E-state index in [1.807, 2.05) is 47.0 Å². The van der Waals surface area contributed by atoms with Crippen LogP contribution in [0.4, 0.5) is 5.95 Å². The Morgan fingerprint density at radius 2 is 2.04 bits per heavy atom. The van der Waals surface area contributed by atoms with Gasteiger partial charge >= 0.3 is 0 Å². The Balaban J connectivity index is 1.45. The predicted molar refractivity (Wildman–Crippen MR) is 101 cm³/mol. The molecule has 1 atom stereocenters. The van der Waals surface area contributed by atoms with Crippen LogP contribution < -0.4 is 10.2 Å². The van der Waals surface area contributed by atoms with Crippen molar-refractivity contribution >= 4 is 29.1 Å². The molecule has 3 aromatic rings. The smallest absolute Gasteiger partial charge is 0.231 e. The third-order valence-corrected chi connectivity index (χ3v) is 5.05. The van der Waals surface area contributed by atoms with Gasteiger partial charge in [0.1, 0.15) is 0 Å². The molecule has 0 bridgehead atoms. The molecule has 1 aliphatic rings. The molecule has 4 rings (SSSR count). The van der Waals surface area contributed by atoms with Gasteiger partial charge in [0.15, 0.2) is 5.65 Å². The fraction of sp³-hybridized carbons (Fsp3) is 0.316. The second kappa shape index (κ2) is 7.33. The first-order valence-corrected chi connectivity index (χ1v) is 9.16. The summed E-state index contributed by atoms with van der Waals surface area (Å²) in [5.41, 5.74) is 1.74. The van der Waals surface area contributed by atoms with Crippen LogP contribution in [0.2, 0.25) is 5.02 Å². The highest BCUT2D eigenvalue weighted by Gasteiger charge is 2.28. The van der Waals surface area contributed by atoms with E-state index >= 15 is 0 Å². The SMILES string of the molecule is O=C(NCc1ccccc1)C1CCCN(c2nnc3c(Cl)cccn23)C1. The number of hydrogen-bond acceptors (Lipinski definition) is 4. The molecule has 1 N–H and O–H groups in total. The number of benzene rings is 1. The molecule has 6 nitrogen and oxygen atoms in total. The molecule has 0 saturated carbocycles. The number of halogens is 1. The number of carbonyl (C=O) groups is 1. The molecule has 1 saturated heterocycles. The fourth-order valence-electron chi connectivity index (χ4n) is 3.39. The van der Waals surface area contributed by atoms with Crippen molar-refractivity contribution in [1.82, 2.24) is 19.9 Å². The van der Waals surface area contributed by atoms with E-state index in [2.05, 4.69) is 20.4 Å². The van der Waals surface area contributed by atoms with Crippen LogP contribution >= 0.6 is 11.6 Å². The molecule has 26 heavy (non-hydrogen) atoms. The van der Waals surface area contributed by atoms with Crippen LogP contribution in [0.25, 0.3) is 5.65 Å². The second-order valence-electron chi connectivity index (χ2n) is 6.54. The maximum Gasteiger partial charge on any atom is 0.231 e. The summed E-state index contributed by atoms with van der Waals surface area (Å²) in [7, 11) is 0. The molecule has 1 fully saturated rings. The molecule has 0 aliphatic carbocycles. The number of piperidine rings is 1. The largest absolute Gasteiger partial charge is 0.352 e. The van der Waals surface area contributed by atoms with E-state index in [1.165, 1.54) is 0 Å². The summed E-state index contributed by atoms with van der Waals surface area (Å²) in [5, 5.41) is 12.1. The Morgan fingerprint density at radius 3 is 2.88 bits per heavy atom. The summed E-state index contributed by atoms with van der Waals surface area (Å²) in [6.07, 6.45) is 3.73. The molecule has 134 valence electrons. The van der Waals surface area contributed by atoms with Crippen molar-refractivity contribution in [3.05, 3.63) is 59.2 Å². The van der Waals surface area contributed by atoms with Crippen molar-refractivity contribution in [3.63, 3.8) is 0 Å².